The van der Waals surface area contributed by atoms with Crippen LogP contribution in [0.25, 0.3) is 32.8 Å². The summed E-state index contributed by atoms with van der Waals surface area (Å²) >= 11 is 0. The molecule has 0 spiro atoms. The number of rotatable bonds is 6. The Bertz CT molecular complexity index is 1620. The van der Waals surface area contributed by atoms with E-state index in [1.807, 2.05) is 16.9 Å². The summed E-state index contributed by atoms with van der Waals surface area (Å²) in [4.78, 5) is 23.2. The van der Waals surface area contributed by atoms with E-state index >= 15 is 0 Å². The van der Waals surface area contributed by atoms with E-state index in [0.717, 1.165) is 65.0 Å². The summed E-state index contributed by atoms with van der Waals surface area (Å²) in [6, 6.07) is 5.62. The second-order valence-corrected chi connectivity index (χ2v) is 11.5. The Balaban J connectivity index is 1.40. The summed E-state index contributed by atoms with van der Waals surface area (Å²) in [5.74, 6) is -0.178. The molecular formula is C31H34FN5O5. The maximum atomic E-state index is 14.5. The van der Waals surface area contributed by atoms with Gasteiger partial charge in [-0.2, -0.15) is 5.10 Å². The fourth-order valence-electron chi connectivity index (χ4n) is 6.31. The fraction of sp³-hybridized carbons (Fsp3) is 0.484. The normalized spacial score (nSPS) is 21.0. The van der Waals surface area contributed by atoms with Crippen molar-refractivity contribution in [1.82, 2.24) is 24.6 Å². The molecule has 0 aliphatic carbocycles. The number of amides is 1. The van der Waals surface area contributed by atoms with Gasteiger partial charge in [0.05, 0.1) is 36.7 Å². The summed E-state index contributed by atoms with van der Waals surface area (Å²) in [5.41, 5.74) is 3.22. The van der Waals surface area contributed by atoms with Crippen LogP contribution in [0.1, 0.15) is 56.9 Å². The number of aliphatic hydroxyl groups excluding tert-OH is 1. The Labute approximate surface area is 242 Å². The highest BCUT2D eigenvalue weighted by Gasteiger charge is 2.35. The predicted octanol–water partition coefficient (Wildman–Crippen LogP) is 4.35. The second-order valence-electron chi connectivity index (χ2n) is 11.5. The molecule has 3 fully saturated rings. The smallest absolute Gasteiger partial charge is 0.251 e. The van der Waals surface area contributed by atoms with Crippen LogP contribution in [0.4, 0.5) is 4.39 Å². The number of aromatic nitrogens is 4. The van der Waals surface area contributed by atoms with E-state index in [2.05, 4.69) is 11.1 Å². The van der Waals surface area contributed by atoms with E-state index < -0.39 is 11.9 Å². The van der Waals surface area contributed by atoms with Gasteiger partial charge in [0.25, 0.3) is 5.91 Å². The quantitative estimate of drug-likeness (QED) is 0.361. The fourth-order valence-corrected chi connectivity index (χ4v) is 6.31. The van der Waals surface area contributed by atoms with Gasteiger partial charge in [-0.1, -0.05) is 0 Å². The first kappa shape index (κ1) is 27.2. The first-order valence-electron chi connectivity index (χ1n) is 14.7. The number of carbonyl (C=O) groups is 1. The highest BCUT2D eigenvalue weighted by Crippen LogP contribution is 2.43. The van der Waals surface area contributed by atoms with Crippen LogP contribution >= 0.6 is 0 Å². The van der Waals surface area contributed by atoms with Crippen molar-refractivity contribution in [3.05, 3.63) is 48.3 Å². The third kappa shape index (κ3) is 4.99. The van der Waals surface area contributed by atoms with Crippen molar-refractivity contribution in [2.75, 3.05) is 32.9 Å². The van der Waals surface area contributed by atoms with Gasteiger partial charge in [-0.3, -0.25) is 9.78 Å². The zero-order valence-corrected chi connectivity index (χ0v) is 23.5. The van der Waals surface area contributed by atoms with Gasteiger partial charge >= 0.3 is 0 Å². The zero-order chi connectivity index (χ0) is 28.8. The molecule has 0 saturated carbocycles. The Morgan fingerprint density at radius 2 is 1.90 bits per heavy atom. The molecule has 1 N–H and O–H groups in total. The second kappa shape index (κ2) is 11.2. The third-order valence-corrected chi connectivity index (χ3v) is 8.54. The molecule has 4 aromatic rings. The van der Waals surface area contributed by atoms with E-state index in [9.17, 15) is 14.3 Å². The van der Waals surface area contributed by atoms with Crippen molar-refractivity contribution >= 4 is 27.6 Å². The number of fused-ring (bicyclic) bond motifs is 2. The minimum Gasteiger partial charge on any atom is -0.470 e. The Kier molecular flexibility index (Phi) is 7.25. The third-order valence-electron chi connectivity index (χ3n) is 8.54. The van der Waals surface area contributed by atoms with E-state index in [1.54, 1.807) is 11.1 Å². The van der Waals surface area contributed by atoms with Gasteiger partial charge in [0.2, 0.25) is 5.88 Å². The number of nitrogens with zero attached hydrogens (tertiary/aromatic N) is 5. The van der Waals surface area contributed by atoms with Gasteiger partial charge in [-0.15, -0.1) is 0 Å². The Morgan fingerprint density at radius 3 is 2.64 bits per heavy atom. The summed E-state index contributed by atoms with van der Waals surface area (Å²) < 4.78 is 34.7. The molecule has 1 aromatic carbocycles. The summed E-state index contributed by atoms with van der Waals surface area (Å²) in [6.07, 6.45) is 7.82. The molecule has 6 heterocycles. The van der Waals surface area contributed by atoms with Crippen LogP contribution in [0.2, 0.25) is 0 Å². The van der Waals surface area contributed by atoms with E-state index in [-0.39, 0.29) is 24.2 Å². The molecular weight excluding hydrogens is 541 g/mol. The molecule has 1 unspecified atom stereocenters. The highest BCUT2D eigenvalue weighted by atomic mass is 19.1. The average molecular weight is 576 g/mol. The Hall–Kier alpha value is -3.67. The van der Waals surface area contributed by atoms with E-state index in [0.29, 0.717) is 44.4 Å². The van der Waals surface area contributed by atoms with Crippen LogP contribution in [-0.4, -0.2) is 80.8 Å². The number of likely N-dealkylation sites (tertiary alicyclic amines) is 1. The lowest BCUT2D eigenvalue weighted by Gasteiger charge is -2.39. The minimum atomic E-state index is -1.06. The summed E-state index contributed by atoms with van der Waals surface area (Å²) in [7, 11) is 0. The van der Waals surface area contributed by atoms with Crippen molar-refractivity contribution < 1.29 is 28.5 Å². The van der Waals surface area contributed by atoms with Gasteiger partial charge in [0.15, 0.2) is 6.23 Å². The lowest BCUT2D eigenvalue weighted by molar-refractivity contribution is -0.148. The number of pyridine rings is 2. The van der Waals surface area contributed by atoms with Gasteiger partial charge in [-0.25, -0.2) is 14.1 Å². The maximum Gasteiger partial charge on any atom is 0.251 e. The molecule has 7 rings (SSSR count). The van der Waals surface area contributed by atoms with Gasteiger partial charge in [0, 0.05) is 53.8 Å². The van der Waals surface area contributed by atoms with Gasteiger partial charge < -0.3 is 24.2 Å². The van der Waals surface area contributed by atoms with Gasteiger partial charge in [0.1, 0.15) is 18.0 Å². The van der Waals surface area contributed by atoms with Crippen molar-refractivity contribution in [1.29, 1.82) is 0 Å². The molecule has 42 heavy (non-hydrogen) atoms. The molecule has 0 bridgehead atoms. The monoisotopic (exact) mass is 575 g/mol. The number of hydrogen-bond donors (Lipinski definition) is 1. The minimum absolute atomic E-state index is 0.0903. The molecule has 11 heteroatoms. The number of benzene rings is 1. The van der Waals surface area contributed by atoms with Crippen LogP contribution in [0.3, 0.4) is 0 Å². The van der Waals surface area contributed by atoms with Crippen molar-refractivity contribution in [3.63, 3.8) is 0 Å². The first-order chi connectivity index (χ1) is 20.5. The molecule has 2 atom stereocenters. The SMILES string of the molecule is C[C@H](O)C(=O)N1CC(Oc2nc(C3CCOCC3)c(-c3cncc(F)c3)c3cc4cnn(C5CCCCO5)c4cc23)C1. The van der Waals surface area contributed by atoms with Crippen molar-refractivity contribution in [2.45, 2.75) is 63.4 Å². The highest BCUT2D eigenvalue weighted by molar-refractivity contribution is 6.06. The van der Waals surface area contributed by atoms with Crippen molar-refractivity contribution in [2.24, 2.45) is 0 Å². The average Bonchev–Trinajstić information content (AvgIpc) is 3.41. The van der Waals surface area contributed by atoms with Crippen LogP contribution in [-0.2, 0) is 14.3 Å². The van der Waals surface area contributed by atoms with Crippen LogP contribution in [0.15, 0.2) is 36.8 Å². The summed E-state index contributed by atoms with van der Waals surface area (Å²) in [6.45, 7) is 4.14. The number of halogens is 1. The van der Waals surface area contributed by atoms with Crippen molar-refractivity contribution in [3.8, 4) is 17.0 Å². The maximum absolute atomic E-state index is 14.5. The predicted molar refractivity (Wildman–Crippen MR) is 153 cm³/mol. The molecule has 220 valence electrons. The molecule has 3 aliphatic heterocycles. The molecule has 3 aliphatic rings. The number of hydrogen-bond acceptors (Lipinski definition) is 8. The number of carbonyl (C=O) groups excluding carboxylic acids is 1. The molecule has 3 aromatic heterocycles. The lowest BCUT2D eigenvalue weighted by Crippen LogP contribution is -2.58. The van der Waals surface area contributed by atoms with Crippen LogP contribution in [0, 0.1) is 5.82 Å². The largest absolute Gasteiger partial charge is 0.470 e. The Morgan fingerprint density at radius 1 is 1.07 bits per heavy atom. The van der Waals surface area contributed by atoms with E-state index in [4.69, 9.17) is 24.3 Å². The molecule has 10 nitrogen and oxygen atoms in total. The number of ether oxygens (including phenoxy) is 3. The topological polar surface area (TPSA) is 112 Å². The number of aliphatic hydroxyl groups is 1. The lowest BCUT2D eigenvalue weighted by atomic mass is 9.87. The molecule has 0 radical (unpaired) electrons. The van der Waals surface area contributed by atoms with Crippen LogP contribution < -0.4 is 4.74 Å². The van der Waals surface area contributed by atoms with Gasteiger partial charge in [-0.05, 0) is 62.6 Å². The zero-order valence-electron chi connectivity index (χ0n) is 23.5. The first-order valence-corrected chi connectivity index (χ1v) is 14.7. The molecule has 1 amide bonds. The molecule has 3 saturated heterocycles. The van der Waals surface area contributed by atoms with E-state index in [1.165, 1.54) is 19.2 Å². The standard InChI is InChI=1S/C31H34FN5O5/c1-18(38)31(39)36-16-23(17-36)42-30-25-12-26-20(14-34-37(26)27-4-2-3-7-41-27)11-24(25)28(21-10-22(32)15-33-13-21)29(35-30)19-5-8-40-9-6-19/h10-15,18-19,23,27,38H,2-9,16-17H2,1H3/t18-,27?/m0/s1. The van der Waals surface area contributed by atoms with Crippen LogP contribution in [0.5, 0.6) is 5.88 Å². The summed E-state index contributed by atoms with van der Waals surface area (Å²) in [5, 5.41) is 17.0.